The Labute approximate surface area is 193 Å². The van der Waals surface area contributed by atoms with Crippen molar-refractivity contribution in [2.24, 2.45) is 0 Å². The summed E-state index contributed by atoms with van der Waals surface area (Å²) in [6.45, 7) is 3.16. The molecular weight excluding hydrogens is 409 g/mol. The monoisotopic (exact) mass is 442 g/mol. The molecule has 0 spiro atoms. The van der Waals surface area contributed by atoms with Gasteiger partial charge in [-0.25, -0.2) is 0 Å². The molecule has 0 radical (unpaired) electrons. The minimum Gasteiger partial charge on any atom is -0.336 e. The SMILES string of the molecule is CC1([P+](c2ccccc2)(c2ccccc2)c2ccccc2)CCN(C2CCCCC2)C1=O. The van der Waals surface area contributed by atoms with Gasteiger partial charge in [0.05, 0.1) is 0 Å². The van der Waals surface area contributed by atoms with Gasteiger partial charge in [0.25, 0.3) is 5.91 Å². The van der Waals surface area contributed by atoms with Gasteiger partial charge in [0.15, 0.2) is 5.16 Å². The van der Waals surface area contributed by atoms with E-state index in [4.69, 9.17) is 0 Å². The highest BCUT2D eigenvalue weighted by Crippen LogP contribution is 2.69. The van der Waals surface area contributed by atoms with Crippen molar-refractivity contribution in [1.82, 2.24) is 4.90 Å². The fraction of sp³-hybridized carbons (Fsp3) is 0.345. The second kappa shape index (κ2) is 8.83. The minimum absolute atomic E-state index is 0.370. The highest BCUT2D eigenvalue weighted by atomic mass is 31.2. The first-order valence-corrected chi connectivity index (χ1v) is 13.8. The number of amides is 1. The van der Waals surface area contributed by atoms with Gasteiger partial charge in [-0.15, -0.1) is 0 Å². The summed E-state index contributed by atoms with van der Waals surface area (Å²) >= 11 is 0. The molecule has 3 heteroatoms. The molecule has 1 aliphatic heterocycles. The van der Waals surface area contributed by atoms with Gasteiger partial charge in [-0.3, -0.25) is 4.79 Å². The highest BCUT2D eigenvalue weighted by molar-refractivity contribution is 7.97. The van der Waals surface area contributed by atoms with E-state index in [2.05, 4.69) is 103 Å². The van der Waals surface area contributed by atoms with Crippen LogP contribution in [0.5, 0.6) is 0 Å². The van der Waals surface area contributed by atoms with Gasteiger partial charge in [0.1, 0.15) is 23.2 Å². The second-order valence-corrected chi connectivity index (χ2v) is 13.4. The first kappa shape index (κ1) is 21.4. The Morgan fingerprint density at radius 3 is 1.59 bits per heavy atom. The number of hydrogen-bond donors (Lipinski definition) is 0. The first-order valence-electron chi connectivity index (χ1n) is 12.0. The van der Waals surface area contributed by atoms with E-state index in [9.17, 15) is 4.79 Å². The summed E-state index contributed by atoms with van der Waals surface area (Å²) in [4.78, 5) is 16.7. The molecule has 0 bridgehead atoms. The zero-order valence-corrected chi connectivity index (χ0v) is 19.9. The molecule has 1 heterocycles. The highest BCUT2D eigenvalue weighted by Gasteiger charge is 2.67. The third kappa shape index (κ3) is 3.32. The second-order valence-electron chi connectivity index (χ2n) is 9.49. The molecule has 0 N–H and O–H groups in total. The summed E-state index contributed by atoms with van der Waals surface area (Å²) in [5.41, 5.74) is 0. The molecule has 2 fully saturated rings. The van der Waals surface area contributed by atoms with Gasteiger partial charge in [0, 0.05) is 19.0 Å². The quantitative estimate of drug-likeness (QED) is 0.491. The summed E-state index contributed by atoms with van der Waals surface area (Å²) in [7, 11) is -2.25. The van der Waals surface area contributed by atoms with Crippen LogP contribution in [0.2, 0.25) is 0 Å². The van der Waals surface area contributed by atoms with Gasteiger partial charge in [-0.1, -0.05) is 73.9 Å². The lowest BCUT2D eigenvalue weighted by Crippen LogP contribution is -2.52. The van der Waals surface area contributed by atoms with Crippen molar-refractivity contribution in [3.63, 3.8) is 0 Å². The number of nitrogens with zero attached hydrogens (tertiary/aromatic N) is 1. The van der Waals surface area contributed by atoms with Crippen molar-refractivity contribution in [2.75, 3.05) is 6.54 Å². The van der Waals surface area contributed by atoms with Crippen LogP contribution in [-0.2, 0) is 4.79 Å². The smallest absolute Gasteiger partial charge is 0.267 e. The average Bonchev–Trinajstić information content (AvgIpc) is 3.17. The largest absolute Gasteiger partial charge is 0.336 e. The maximum absolute atomic E-state index is 14.4. The van der Waals surface area contributed by atoms with E-state index >= 15 is 0 Å². The van der Waals surface area contributed by atoms with Crippen LogP contribution in [0.3, 0.4) is 0 Å². The first-order chi connectivity index (χ1) is 15.7. The summed E-state index contributed by atoms with van der Waals surface area (Å²) in [6, 6.07) is 33.0. The number of benzene rings is 3. The third-order valence-corrected chi connectivity index (χ3v) is 12.9. The fourth-order valence-corrected chi connectivity index (χ4v) is 11.5. The van der Waals surface area contributed by atoms with Crippen LogP contribution >= 0.6 is 7.26 Å². The number of hydrogen-bond acceptors (Lipinski definition) is 1. The summed E-state index contributed by atoms with van der Waals surface area (Å²) < 4.78 is 0. The number of carbonyl (C=O) groups excluding carboxylic acids is 1. The molecule has 0 aromatic heterocycles. The third-order valence-electron chi connectivity index (χ3n) is 7.75. The molecule has 1 atom stereocenters. The van der Waals surface area contributed by atoms with Crippen molar-refractivity contribution in [3.05, 3.63) is 91.0 Å². The maximum Gasteiger partial charge on any atom is 0.267 e. The van der Waals surface area contributed by atoms with Crippen molar-refractivity contribution in [1.29, 1.82) is 0 Å². The Kier molecular flexibility index (Phi) is 5.91. The molecule has 2 nitrogen and oxygen atoms in total. The van der Waals surface area contributed by atoms with Crippen LogP contribution in [-0.4, -0.2) is 28.5 Å². The van der Waals surface area contributed by atoms with Crippen molar-refractivity contribution in [3.8, 4) is 0 Å². The van der Waals surface area contributed by atoms with Crippen LogP contribution in [0.25, 0.3) is 0 Å². The van der Waals surface area contributed by atoms with E-state index in [1.807, 2.05) is 0 Å². The van der Waals surface area contributed by atoms with E-state index in [1.165, 1.54) is 35.2 Å². The summed E-state index contributed by atoms with van der Waals surface area (Å²) in [5.74, 6) is 0.370. The summed E-state index contributed by atoms with van der Waals surface area (Å²) in [6.07, 6.45) is 7.05. The van der Waals surface area contributed by atoms with Crippen LogP contribution in [0.4, 0.5) is 0 Å². The van der Waals surface area contributed by atoms with Crippen LogP contribution < -0.4 is 15.9 Å². The predicted octanol–water partition coefficient (Wildman–Crippen LogP) is 5.30. The molecule has 3 aromatic carbocycles. The van der Waals surface area contributed by atoms with Crippen LogP contribution in [0, 0.1) is 0 Å². The minimum atomic E-state index is -2.25. The standard InChI is InChI=1S/C29H33NOP/c1-29(22-23-30(28(29)31)24-14-6-2-7-15-24)32(25-16-8-3-9-17-25,26-18-10-4-11-19-26)27-20-12-5-13-21-27/h3-5,8-13,16-21,24H,2,6-7,14-15,22-23H2,1H3/q+1. The van der Waals surface area contributed by atoms with Gasteiger partial charge < -0.3 is 4.90 Å². The maximum atomic E-state index is 14.4. The molecule has 5 rings (SSSR count). The van der Waals surface area contributed by atoms with E-state index in [0.717, 1.165) is 25.8 Å². The number of likely N-dealkylation sites (tertiary alicyclic amines) is 1. The molecule has 1 saturated carbocycles. The Bertz CT molecular complexity index is 950. The van der Waals surface area contributed by atoms with Crippen LogP contribution in [0.15, 0.2) is 91.0 Å². The van der Waals surface area contributed by atoms with Gasteiger partial charge in [0.2, 0.25) is 0 Å². The molecule has 2 aliphatic rings. The lowest BCUT2D eigenvalue weighted by molar-refractivity contribution is -0.132. The van der Waals surface area contributed by atoms with E-state index < -0.39 is 12.4 Å². The average molecular weight is 443 g/mol. The lowest BCUT2D eigenvalue weighted by Gasteiger charge is -2.40. The molecule has 3 aromatic rings. The Hall–Kier alpha value is -2.44. The van der Waals surface area contributed by atoms with E-state index in [1.54, 1.807) is 0 Å². The van der Waals surface area contributed by atoms with Crippen molar-refractivity contribution >= 4 is 29.1 Å². The molecule has 1 saturated heterocycles. The molecule has 1 aliphatic carbocycles. The molecule has 1 unspecified atom stereocenters. The van der Waals surface area contributed by atoms with Gasteiger partial charge >= 0.3 is 0 Å². The fourth-order valence-electron chi connectivity index (χ4n) is 6.17. The number of rotatable bonds is 5. The van der Waals surface area contributed by atoms with Crippen molar-refractivity contribution in [2.45, 2.75) is 56.6 Å². The number of carbonyl (C=O) groups is 1. The molecular formula is C29H33NOP+. The molecule has 1 amide bonds. The van der Waals surface area contributed by atoms with Gasteiger partial charge in [-0.2, -0.15) is 0 Å². The Morgan fingerprint density at radius 2 is 1.16 bits per heavy atom. The Balaban J connectivity index is 1.74. The van der Waals surface area contributed by atoms with Gasteiger partial charge in [-0.05, 0) is 56.2 Å². The Morgan fingerprint density at radius 1 is 0.719 bits per heavy atom. The predicted molar refractivity (Wildman–Crippen MR) is 137 cm³/mol. The zero-order valence-electron chi connectivity index (χ0n) is 19.0. The normalized spacial score (nSPS) is 22.3. The van der Waals surface area contributed by atoms with E-state index in [0.29, 0.717) is 11.9 Å². The molecule has 32 heavy (non-hydrogen) atoms. The van der Waals surface area contributed by atoms with Crippen LogP contribution in [0.1, 0.15) is 45.4 Å². The topological polar surface area (TPSA) is 20.3 Å². The van der Waals surface area contributed by atoms with E-state index in [-0.39, 0.29) is 0 Å². The lowest BCUT2D eigenvalue weighted by atomic mass is 9.94. The van der Waals surface area contributed by atoms with Crippen molar-refractivity contribution < 1.29 is 4.79 Å². The zero-order chi connectivity index (χ0) is 22.0. The molecule has 164 valence electrons. The summed E-state index contributed by atoms with van der Waals surface area (Å²) in [5, 5.41) is 3.46.